The van der Waals surface area contributed by atoms with Crippen LogP contribution in [-0.2, 0) is 4.74 Å². The Morgan fingerprint density at radius 3 is 2.70 bits per heavy atom. The number of carbonyl (C=O) groups is 1. The highest BCUT2D eigenvalue weighted by atomic mass is 19.1. The molecule has 1 saturated heterocycles. The second-order valence-corrected chi connectivity index (χ2v) is 8.35. The molecule has 2 aliphatic carbocycles. The third-order valence-corrected chi connectivity index (χ3v) is 6.02. The van der Waals surface area contributed by atoms with Gasteiger partial charge in [-0.15, -0.1) is 0 Å². The molecule has 2 heterocycles. The summed E-state index contributed by atoms with van der Waals surface area (Å²) >= 11 is 0. The monoisotopic (exact) mass is 419 g/mol. The van der Waals surface area contributed by atoms with Crippen molar-refractivity contribution in [3.05, 3.63) is 39.7 Å². The first-order chi connectivity index (χ1) is 14.4. The molecule has 1 aliphatic heterocycles. The van der Waals surface area contributed by atoms with Crippen molar-refractivity contribution in [1.82, 2.24) is 9.88 Å². The Kier molecular flexibility index (Phi) is 4.74. The van der Waals surface area contributed by atoms with Crippen LogP contribution in [0.2, 0.25) is 0 Å². The van der Waals surface area contributed by atoms with E-state index in [0.717, 1.165) is 31.7 Å². The van der Waals surface area contributed by atoms with E-state index >= 15 is 8.78 Å². The van der Waals surface area contributed by atoms with Gasteiger partial charge in [0.2, 0.25) is 5.43 Å². The maximum Gasteiger partial charge on any atom is 0.341 e. The summed E-state index contributed by atoms with van der Waals surface area (Å²) in [5, 5.41) is 12.5. The summed E-state index contributed by atoms with van der Waals surface area (Å²) < 4.78 is 38.0. The van der Waals surface area contributed by atoms with Crippen molar-refractivity contribution >= 4 is 22.6 Å². The zero-order valence-electron chi connectivity index (χ0n) is 16.4. The number of anilines is 1. The Morgan fingerprint density at radius 1 is 1.27 bits per heavy atom. The van der Waals surface area contributed by atoms with E-state index in [1.807, 2.05) is 0 Å². The Hall–Kier alpha value is -2.52. The fourth-order valence-electron chi connectivity index (χ4n) is 4.15. The normalized spacial score (nSPS) is 21.9. The Balaban J connectivity index is 1.57. The summed E-state index contributed by atoms with van der Waals surface area (Å²) in [6, 6.07) is 1.41. The molecule has 3 aliphatic rings. The molecule has 5 rings (SSSR count). The third kappa shape index (κ3) is 3.45. The number of carboxylic acids is 1. The van der Waals surface area contributed by atoms with Gasteiger partial charge in [0.15, 0.2) is 5.82 Å². The van der Waals surface area contributed by atoms with Crippen molar-refractivity contribution in [2.24, 2.45) is 0 Å². The number of hydrogen-bond donors (Lipinski definition) is 2. The molecule has 9 heteroatoms. The third-order valence-electron chi connectivity index (χ3n) is 6.02. The van der Waals surface area contributed by atoms with Gasteiger partial charge in [0.1, 0.15) is 17.1 Å². The molecule has 2 saturated carbocycles. The molecule has 160 valence electrons. The van der Waals surface area contributed by atoms with Crippen molar-refractivity contribution in [2.75, 3.05) is 31.1 Å². The molecule has 1 aromatic carbocycles. The number of carboxylic acid groups (broad SMARTS) is 1. The number of nitrogens with one attached hydrogen (secondary N) is 1. The number of aromatic carboxylic acids is 1. The lowest BCUT2D eigenvalue weighted by Gasteiger charge is -2.35. The van der Waals surface area contributed by atoms with Crippen LogP contribution in [0.5, 0.6) is 0 Å². The lowest BCUT2D eigenvalue weighted by molar-refractivity contribution is 0.0403. The predicted molar refractivity (Wildman–Crippen MR) is 106 cm³/mol. The van der Waals surface area contributed by atoms with Crippen LogP contribution < -0.4 is 15.6 Å². The lowest BCUT2D eigenvalue weighted by Crippen LogP contribution is -2.47. The molecular weight excluding hydrogens is 396 g/mol. The highest BCUT2D eigenvalue weighted by molar-refractivity contribution is 5.94. The summed E-state index contributed by atoms with van der Waals surface area (Å²) in [5.74, 6) is -3.08. The molecule has 0 amide bonds. The van der Waals surface area contributed by atoms with E-state index in [9.17, 15) is 14.7 Å². The van der Waals surface area contributed by atoms with Crippen LogP contribution in [-0.4, -0.2) is 54.0 Å². The van der Waals surface area contributed by atoms with Crippen LogP contribution in [0.4, 0.5) is 14.5 Å². The standard InChI is InChI=1S/C21H23F2N3O4/c22-16-7-14-18(26(12-3-4-12)10-15(20(14)27)21(28)29)17(23)19(16)25-5-6-30-13(9-25)8-24-11-1-2-11/h7,10-13,24H,1-6,8-9H2,(H,28,29). The van der Waals surface area contributed by atoms with E-state index in [2.05, 4.69) is 5.32 Å². The minimum absolute atomic E-state index is 0.0250. The molecule has 0 bridgehead atoms. The largest absolute Gasteiger partial charge is 0.477 e. The van der Waals surface area contributed by atoms with E-state index in [1.54, 1.807) is 4.90 Å². The van der Waals surface area contributed by atoms with E-state index in [-0.39, 0.29) is 28.7 Å². The Morgan fingerprint density at radius 2 is 2.03 bits per heavy atom. The predicted octanol–water partition coefficient (Wildman–Crippen LogP) is 2.27. The minimum atomic E-state index is -1.40. The number of pyridine rings is 1. The van der Waals surface area contributed by atoms with Gasteiger partial charge in [0, 0.05) is 37.9 Å². The second-order valence-electron chi connectivity index (χ2n) is 8.35. The van der Waals surface area contributed by atoms with E-state index in [4.69, 9.17) is 4.74 Å². The molecule has 2 N–H and O–H groups in total. The summed E-state index contributed by atoms with van der Waals surface area (Å²) in [7, 11) is 0. The van der Waals surface area contributed by atoms with Gasteiger partial charge in [-0.05, 0) is 31.7 Å². The average molecular weight is 419 g/mol. The van der Waals surface area contributed by atoms with Crippen molar-refractivity contribution in [2.45, 2.75) is 43.9 Å². The number of aromatic nitrogens is 1. The fraction of sp³-hybridized carbons (Fsp3) is 0.524. The zero-order valence-corrected chi connectivity index (χ0v) is 16.4. The molecule has 1 atom stereocenters. The lowest BCUT2D eigenvalue weighted by atomic mass is 10.1. The summed E-state index contributed by atoms with van der Waals surface area (Å²) in [6.07, 6.45) is 4.81. The number of benzene rings is 1. The van der Waals surface area contributed by atoms with Gasteiger partial charge in [-0.25, -0.2) is 13.6 Å². The van der Waals surface area contributed by atoms with E-state index in [1.165, 1.54) is 10.8 Å². The van der Waals surface area contributed by atoms with Crippen LogP contribution in [0.1, 0.15) is 42.1 Å². The van der Waals surface area contributed by atoms with Crippen LogP contribution in [0.3, 0.4) is 0 Å². The van der Waals surface area contributed by atoms with Gasteiger partial charge in [0.25, 0.3) is 0 Å². The number of morpholine rings is 1. The highest BCUT2D eigenvalue weighted by Gasteiger charge is 2.32. The van der Waals surface area contributed by atoms with Gasteiger partial charge in [0.05, 0.1) is 23.6 Å². The quantitative estimate of drug-likeness (QED) is 0.748. The van der Waals surface area contributed by atoms with Crippen molar-refractivity contribution < 1.29 is 23.4 Å². The average Bonchev–Trinajstić information content (AvgIpc) is 3.61. The Bertz CT molecular complexity index is 1080. The topological polar surface area (TPSA) is 83.8 Å². The number of ether oxygens (including phenoxy) is 1. The maximum absolute atomic E-state index is 15.7. The summed E-state index contributed by atoms with van der Waals surface area (Å²) in [6.45, 7) is 1.63. The molecule has 7 nitrogen and oxygen atoms in total. The van der Waals surface area contributed by atoms with Crippen molar-refractivity contribution in [1.29, 1.82) is 0 Å². The molecule has 0 radical (unpaired) electrons. The molecular formula is C21H23F2N3O4. The number of hydrogen-bond acceptors (Lipinski definition) is 5. The molecule has 3 fully saturated rings. The van der Waals surface area contributed by atoms with Crippen LogP contribution in [0.15, 0.2) is 17.1 Å². The van der Waals surface area contributed by atoms with Gasteiger partial charge in [-0.2, -0.15) is 0 Å². The maximum atomic E-state index is 15.7. The molecule has 1 unspecified atom stereocenters. The van der Waals surface area contributed by atoms with Gasteiger partial charge < -0.3 is 24.6 Å². The first kappa shape index (κ1) is 19.4. The van der Waals surface area contributed by atoms with Crippen LogP contribution >= 0.6 is 0 Å². The van der Waals surface area contributed by atoms with E-state index < -0.39 is 28.6 Å². The number of rotatable bonds is 6. The first-order valence-corrected chi connectivity index (χ1v) is 10.3. The van der Waals surface area contributed by atoms with Crippen molar-refractivity contribution in [3.63, 3.8) is 0 Å². The molecule has 30 heavy (non-hydrogen) atoms. The number of fused-ring (bicyclic) bond motifs is 1. The minimum Gasteiger partial charge on any atom is -0.477 e. The summed E-state index contributed by atoms with van der Waals surface area (Å²) in [5.41, 5.74) is -1.55. The van der Waals surface area contributed by atoms with Crippen molar-refractivity contribution in [3.8, 4) is 0 Å². The summed E-state index contributed by atoms with van der Waals surface area (Å²) in [4.78, 5) is 25.7. The van der Waals surface area contributed by atoms with Gasteiger partial charge in [-0.1, -0.05) is 0 Å². The number of nitrogens with zero attached hydrogens (tertiary/aromatic N) is 2. The smallest absolute Gasteiger partial charge is 0.341 e. The zero-order chi connectivity index (χ0) is 21.0. The van der Waals surface area contributed by atoms with Gasteiger partial charge in [-0.3, -0.25) is 4.79 Å². The highest BCUT2D eigenvalue weighted by Crippen LogP contribution is 2.39. The molecule has 1 aromatic heterocycles. The molecule has 0 spiro atoms. The first-order valence-electron chi connectivity index (χ1n) is 10.3. The van der Waals surface area contributed by atoms with E-state index in [0.29, 0.717) is 32.3 Å². The van der Waals surface area contributed by atoms with Crippen LogP contribution in [0, 0.1) is 11.6 Å². The Labute approximate surface area is 171 Å². The fourth-order valence-corrected chi connectivity index (χ4v) is 4.15. The number of halogens is 2. The SMILES string of the molecule is O=C(O)c1cn(C2CC2)c2c(F)c(N3CCOC(CNC4CC4)C3)c(F)cc2c1=O. The molecule has 2 aromatic rings. The van der Waals surface area contributed by atoms with Gasteiger partial charge >= 0.3 is 5.97 Å². The van der Waals surface area contributed by atoms with Crippen LogP contribution in [0.25, 0.3) is 10.9 Å². The second kappa shape index (κ2) is 7.31.